The van der Waals surface area contributed by atoms with E-state index in [4.69, 9.17) is 36.4 Å². The summed E-state index contributed by atoms with van der Waals surface area (Å²) in [4.78, 5) is 6.90. The fourth-order valence-corrected chi connectivity index (χ4v) is 3.22. The molecule has 1 aliphatic heterocycles. The van der Waals surface area contributed by atoms with Crippen LogP contribution >= 0.6 is 23.2 Å². The van der Waals surface area contributed by atoms with Crippen LogP contribution in [0.25, 0.3) is 0 Å². The summed E-state index contributed by atoms with van der Waals surface area (Å²) >= 11 is 12.3. The van der Waals surface area contributed by atoms with Crippen LogP contribution in [-0.2, 0) is 10.9 Å². The fourth-order valence-electron chi connectivity index (χ4n) is 2.77. The van der Waals surface area contributed by atoms with Gasteiger partial charge < -0.3 is 9.64 Å². The number of nitrogens with zero attached hydrogens (tertiary/aromatic N) is 2. The van der Waals surface area contributed by atoms with Gasteiger partial charge in [-0.3, -0.25) is 0 Å². The lowest BCUT2D eigenvalue weighted by Crippen LogP contribution is -2.39. The zero-order valence-corrected chi connectivity index (χ0v) is 17.6. The van der Waals surface area contributed by atoms with Crippen LogP contribution in [0.3, 0.4) is 0 Å². The molecule has 1 aliphatic rings. The Labute approximate surface area is 171 Å². The summed E-state index contributed by atoms with van der Waals surface area (Å²) in [5, 5.41) is 5.52. The first-order valence-electron chi connectivity index (χ1n) is 8.46. The second-order valence-corrected chi connectivity index (χ2v) is 7.65. The second-order valence-electron chi connectivity index (χ2n) is 6.24. The number of hydrogen-bond donors (Lipinski definition) is 2. The number of aromatic nitrogens is 1. The van der Waals surface area contributed by atoms with Crippen molar-refractivity contribution in [3.8, 4) is 5.75 Å². The molecular formula is C18H23Cl2N3O3S. The molecule has 1 aromatic heterocycles. The molecule has 0 unspecified atom stereocenters. The maximum Gasteiger partial charge on any atom is 0.198 e. The molecule has 2 heterocycles. The first-order chi connectivity index (χ1) is 12.8. The molecule has 27 heavy (non-hydrogen) atoms. The van der Waals surface area contributed by atoms with Gasteiger partial charge >= 0.3 is 0 Å². The lowest BCUT2D eigenvalue weighted by molar-refractivity contribution is 0.170. The topological polar surface area (TPSA) is 85.5 Å². The quantitative estimate of drug-likeness (QED) is 0.725. The maximum atomic E-state index is 8.81. The number of anilines is 1. The van der Waals surface area contributed by atoms with Crippen LogP contribution in [0.4, 0.5) is 5.82 Å². The Kier molecular flexibility index (Phi) is 8.16. The average molecular weight is 432 g/mol. The van der Waals surface area contributed by atoms with Gasteiger partial charge in [-0.2, -0.15) is 0 Å². The summed E-state index contributed by atoms with van der Waals surface area (Å²) in [5.74, 6) is 1.76. The molecule has 2 N–H and O–H groups in total. The van der Waals surface area contributed by atoms with E-state index in [0.29, 0.717) is 0 Å². The lowest BCUT2D eigenvalue weighted by atomic mass is 10.1. The summed E-state index contributed by atoms with van der Waals surface area (Å²) < 4.78 is 23.7. The number of ether oxygens (including phenoxy) is 1. The Bertz CT molecular complexity index is 828. The molecule has 1 aromatic carbocycles. The molecule has 2 aromatic rings. The molecule has 3 rings (SSSR count). The van der Waals surface area contributed by atoms with E-state index in [9.17, 15) is 0 Å². The summed E-state index contributed by atoms with van der Waals surface area (Å²) in [6, 6.07) is 9.53. The number of benzene rings is 1. The SMILES string of the molecule is Cc1cc(Cl)c(N2CCC(Oc3ccc(Cl)cc3)CC2)nc1C.N[SH](=O)=O. The minimum absolute atomic E-state index is 0.220. The molecule has 0 atom stereocenters. The highest BCUT2D eigenvalue weighted by molar-refractivity contribution is 7.69. The molecule has 6 nitrogen and oxygen atoms in total. The van der Waals surface area contributed by atoms with Crippen LogP contribution < -0.4 is 14.8 Å². The van der Waals surface area contributed by atoms with Gasteiger partial charge in [0.1, 0.15) is 17.7 Å². The third kappa shape index (κ3) is 6.84. The van der Waals surface area contributed by atoms with Gasteiger partial charge in [0.25, 0.3) is 0 Å². The van der Waals surface area contributed by atoms with E-state index >= 15 is 0 Å². The van der Waals surface area contributed by atoms with E-state index in [0.717, 1.165) is 58.8 Å². The van der Waals surface area contributed by atoms with E-state index in [-0.39, 0.29) is 6.10 Å². The standard InChI is InChI=1S/C18H20Cl2N2O.H3NO2S/c1-12-11-17(20)18(21-13(12)2)22-9-7-16(8-10-22)23-15-5-3-14(19)4-6-15;1-4(2)3/h3-6,11,16H,7-10H2,1-2H3;4H,(H2,1,2,3). The van der Waals surface area contributed by atoms with E-state index in [2.05, 4.69) is 15.0 Å². The molecular weight excluding hydrogens is 409 g/mol. The zero-order valence-electron chi connectivity index (χ0n) is 15.2. The van der Waals surface area contributed by atoms with Crippen molar-refractivity contribution >= 4 is 39.9 Å². The van der Waals surface area contributed by atoms with Gasteiger partial charge in [0.05, 0.1) is 5.02 Å². The van der Waals surface area contributed by atoms with Gasteiger partial charge in [-0.05, 0) is 49.7 Å². The summed E-state index contributed by atoms with van der Waals surface area (Å²) in [6.07, 6.45) is 2.12. The highest BCUT2D eigenvalue weighted by Gasteiger charge is 2.23. The largest absolute Gasteiger partial charge is 0.490 e. The normalized spacial score (nSPS) is 14.7. The lowest BCUT2D eigenvalue weighted by Gasteiger charge is -2.33. The molecule has 0 saturated carbocycles. The number of hydrogen-bond acceptors (Lipinski definition) is 5. The predicted octanol–water partition coefficient (Wildman–Crippen LogP) is 3.52. The number of aryl methyl sites for hydroxylation is 2. The first kappa shape index (κ1) is 21.8. The summed E-state index contributed by atoms with van der Waals surface area (Å²) in [6.45, 7) is 5.84. The van der Waals surface area contributed by atoms with Crippen molar-refractivity contribution in [3.05, 3.63) is 51.6 Å². The minimum Gasteiger partial charge on any atom is -0.490 e. The second kappa shape index (κ2) is 10.1. The Hall–Kier alpha value is -1.54. The number of thiol groups is 1. The van der Waals surface area contributed by atoms with Crippen LogP contribution in [0.1, 0.15) is 24.1 Å². The molecule has 0 amide bonds. The number of nitrogens with two attached hydrogens (primary N) is 1. The predicted molar refractivity (Wildman–Crippen MR) is 111 cm³/mol. The summed E-state index contributed by atoms with van der Waals surface area (Å²) in [7, 11) is -2.62. The van der Waals surface area contributed by atoms with E-state index in [1.165, 1.54) is 0 Å². The Balaban J connectivity index is 0.000000596. The molecule has 1 saturated heterocycles. The Morgan fingerprint density at radius 1 is 1.15 bits per heavy atom. The average Bonchev–Trinajstić information content (AvgIpc) is 2.60. The van der Waals surface area contributed by atoms with Crippen molar-refractivity contribution in [2.45, 2.75) is 32.8 Å². The van der Waals surface area contributed by atoms with Crippen molar-refractivity contribution in [3.63, 3.8) is 0 Å². The van der Waals surface area contributed by atoms with Gasteiger partial charge in [-0.25, -0.2) is 18.5 Å². The van der Waals surface area contributed by atoms with E-state index in [1.54, 1.807) is 0 Å². The smallest absolute Gasteiger partial charge is 0.198 e. The maximum absolute atomic E-state index is 8.81. The van der Waals surface area contributed by atoms with Crippen LogP contribution in [0, 0.1) is 13.8 Å². The fraction of sp³-hybridized carbons (Fsp3) is 0.389. The van der Waals surface area contributed by atoms with Crippen molar-refractivity contribution in [2.75, 3.05) is 18.0 Å². The third-order valence-corrected chi connectivity index (χ3v) is 4.79. The molecule has 148 valence electrons. The minimum atomic E-state index is -2.62. The van der Waals surface area contributed by atoms with Gasteiger partial charge in [0, 0.05) is 36.6 Å². The van der Waals surface area contributed by atoms with E-state index < -0.39 is 10.9 Å². The summed E-state index contributed by atoms with van der Waals surface area (Å²) in [5.41, 5.74) is 2.16. The molecule has 0 bridgehead atoms. The highest BCUT2D eigenvalue weighted by atomic mass is 35.5. The van der Waals surface area contributed by atoms with Crippen molar-refractivity contribution < 1.29 is 13.2 Å². The number of pyridine rings is 1. The van der Waals surface area contributed by atoms with Crippen LogP contribution in [0.2, 0.25) is 10.0 Å². The van der Waals surface area contributed by atoms with Crippen molar-refractivity contribution in [1.82, 2.24) is 4.98 Å². The van der Waals surface area contributed by atoms with E-state index in [1.807, 2.05) is 44.2 Å². The number of piperidine rings is 1. The Morgan fingerprint density at radius 3 is 2.26 bits per heavy atom. The van der Waals surface area contributed by atoms with Crippen molar-refractivity contribution in [1.29, 1.82) is 0 Å². The molecule has 1 fully saturated rings. The van der Waals surface area contributed by atoms with Crippen molar-refractivity contribution in [2.24, 2.45) is 5.14 Å². The zero-order chi connectivity index (χ0) is 20.0. The number of rotatable bonds is 3. The van der Waals surface area contributed by atoms with Gasteiger partial charge in [-0.15, -0.1) is 0 Å². The molecule has 0 radical (unpaired) electrons. The first-order valence-corrected chi connectivity index (χ1v) is 10.5. The van der Waals surface area contributed by atoms with Gasteiger partial charge in [0.2, 0.25) is 0 Å². The van der Waals surface area contributed by atoms with Crippen LogP contribution in [-0.4, -0.2) is 32.6 Å². The van der Waals surface area contributed by atoms with Crippen LogP contribution in [0.5, 0.6) is 5.75 Å². The molecule has 0 aliphatic carbocycles. The molecule has 9 heteroatoms. The molecule has 0 spiro atoms. The van der Waals surface area contributed by atoms with Gasteiger partial charge in [0.15, 0.2) is 10.9 Å². The Morgan fingerprint density at radius 2 is 1.70 bits per heavy atom. The number of halogens is 2. The van der Waals surface area contributed by atoms with Gasteiger partial charge in [-0.1, -0.05) is 23.2 Å². The highest BCUT2D eigenvalue weighted by Crippen LogP contribution is 2.29. The monoisotopic (exact) mass is 431 g/mol. The van der Waals surface area contributed by atoms with Crippen LogP contribution in [0.15, 0.2) is 30.3 Å². The third-order valence-electron chi connectivity index (χ3n) is 4.26.